The number of aliphatic hydroxyl groups excluding tert-OH is 1. The molecule has 0 aliphatic heterocycles. The molecule has 1 aromatic heterocycles. The Kier molecular flexibility index (Phi) is 5.97. The van der Waals surface area contributed by atoms with Crippen LogP contribution in [0.2, 0.25) is 0 Å². The van der Waals surface area contributed by atoms with Gasteiger partial charge in [-0.2, -0.15) is 4.98 Å². The van der Waals surface area contributed by atoms with E-state index in [0.717, 1.165) is 0 Å². The highest BCUT2D eigenvalue weighted by atomic mass is 16.6. The summed E-state index contributed by atoms with van der Waals surface area (Å²) in [5, 5.41) is 20.1. The molecule has 1 aromatic rings. The number of pyridine rings is 1. The third kappa shape index (κ3) is 4.04. The molecule has 3 N–H and O–H groups in total. The van der Waals surface area contributed by atoms with Crippen molar-refractivity contribution in [1.82, 2.24) is 4.98 Å². The van der Waals surface area contributed by atoms with Crippen LogP contribution >= 0.6 is 0 Å². The molecule has 0 amide bonds. The summed E-state index contributed by atoms with van der Waals surface area (Å²) in [5.41, 5.74) is 5.32. The Hall–Kier alpha value is -1.93. The predicted octanol–water partition coefficient (Wildman–Crippen LogP) is 0.146. The van der Waals surface area contributed by atoms with E-state index in [0.29, 0.717) is 19.5 Å². The lowest BCUT2D eigenvalue weighted by Gasteiger charge is -2.22. The minimum atomic E-state index is -0.505. The van der Waals surface area contributed by atoms with Crippen molar-refractivity contribution < 1.29 is 14.8 Å². The van der Waals surface area contributed by atoms with Gasteiger partial charge in [0.25, 0.3) is 0 Å². The maximum absolute atomic E-state index is 11.0. The zero-order valence-corrected chi connectivity index (χ0v) is 10.8. The molecule has 0 aliphatic rings. The number of ether oxygens (including phenoxy) is 1. The lowest BCUT2D eigenvalue weighted by atomic mass is 10.3. The van der Waals surface area contributed by atoms with Crippen molar-refractivity contribution in [3.05, 3.63) is 22.2 Å². The van der Waals surface area contributed by atoms with Gasteiger partial charge in [0.15, 0.2) is 0 Å². The molecule has 0 fully saturated rings. The van der Waals surface area contributed by atoms with E-state index in [1.165, 1.54) is 19.2 Å². The van der Waals surface area contributed by atoms with E-state index in [1.807, 2.05) is 0 Å². The lowest BCUT2D eigenvalue weighted by Crippen LogP contribution is -2.30. The van der Waals surface area contributed by atoms with Gasteiger partial charge in [-0.15, -0.1) is 0 Å². The fraction of sp³-hybridized carbons (Fsp3) is 0.545. The quantitative estimate of drug-likeness (QED) is 0.510. The standard InChI is InChI=1S/C11H18N4O4/c1-19-10-4-3-9(15(17)18)11(13-10)14(7-8-16)6-2-5-12/h3-4,16H,2,5-8,12H2,1H3. The summed E-state index contributed by atoms with van der Waals surface area (Å²) >= 11 is 0. The smallest absolute Gasteiger partial charge is 0.311 e. The fourth-order valence-corrected chi connectivity index (χ4v) is 1.64. The molecule has 0 aromatic carbocycles. The summed E-state index contributed by atoms with van der Waals surface area (Å²) in [6.45, 7) is 1.07. The molecule has 19 heavy (non-hydrogen) atoms. The van der Waals surface area contributed by atoms with Gasteiger partial charge in [0.1, 0.15) is 0 Å². The van der Waals surface area contributed by atoms with Gasteiger partial charge < -0.3 is 20.5 Å². The lowest BCUT2D eigenvalue weighted by molar-refractivity contribution is -0.384. The third-order valence-corrected chi connectivity index (χ3v) is 2.54. The molecule has 0 atom stereocenters. The second-order valence-corrected chi connectivity index (χ2v) is 3.81. The molecule has 0 unspecified atom stereocenters. The van der Waals surface area contributed by atoms with E-state index in [-0.39, 0.29) is 30.5 Å². The van der Waals surface area contributed by atoms with Gasteiger partial charge in [-0.25, -0.2) is 0 Å². The first-order valence-corrected chi connectivity index (χ1v) is 5.89. The topological polar surface area (TPSA) is 115 Å². The second kappa shape index (κ2) is 7.49. The molecule has 0 radical (unpaired) electrons. The molecule has 0 bridgehead atoms. The number of nitrogens with zero attached hydrogens (tertiary/aromatic N) is 3. The Labute approximate surface area is 111 Å². The minimum absolute atomic E-state index is 0.119. The highest BCUT2D eigenvalue weighted by Gasteiger charge is 2.21. The van der Waals surface area contributed by atoms with Crippen molar-refractivity contribution in [2.24, 2.45) is 5.73 Å². The first kappa shape index (κ1) is 15.1. The van der Waals surface area contributed by atoms with E-state index in [2.05, 4.69) is 4.98 Å². The highest BCUT2D eigenvalue weighted by Crippen LogP contribution is 2.28. The van der Waals surface area contributed by atoms with Crippen LogP contribution in [-0.2, 0) is 0 Å². The van der Waals surface area contributed by atoms with Crippen LogP contribution < -0.4 is 15.4 Å². The number of rotatable bonds is 8. The molecule has 106 valence electrons. The van der Waals surface area contributed by atoms with Crippen LogP contribution in [0.5, 0.6) is 5.88 Å². The average molecular weight is 270 g/mol. The van der Waals surface area contributed by atoms with Crippen molar-refractivity contribution in [3.63, 3.8) is 0 Å². The van der Waals surface area contributed by atoms with Crippen LogP contribution in [0.3, 0.4) is 0 Å². The van der Waals surface area contributed by atoms with Crippen molar-refractivity contribution in [3.8, 4) is 5.88 Å². The maximum Gasteiger partial charge on any atom is 0.311 e. The van der Waals surface area contributed by atoms with Crippen LogP contribution in [0.25, 0.3) is 0 Å². The van der Waals surface area contributed by atoms with Gasteiger partial charge in [0, 0.05) is 25.2 Å². The Bertz CT molecular complexity index is 427. The van der Waals surface area contributed by atoms with Crippen molar-refractivity contribution in [2.75, 3.05) is 38.3 Å². The number of anilines is 1. The molecule has 0 saturated heterocycles. The first-order chi connectivity index (χ1) is 9.13. The molecule has 1 rings (SSSR count). The highest BCUT2D eigenvalue weighted by molar-refractivity contribution is 5.59. The maximum atomic E-state index is 11.0. The van der Waals surface area contributed by atoms with Gasteiger partial charge >= 0.3 is 5.69 Å². The van der Waals surface area contributed by atoms with Gasteiger partial charge in [-0.1, -0.05) is 0 Å². The zero-order chi connectivity index (χ0) is 14.3. The van der Waals surface area contributed by atoms with Gasteiger partial charge in [0.2, 0.25) is 11.7 Å². The number of aromatic nitrogens is 1. The van der Waals surface area contributed by atoms with Crippen molar-refractivity contribution in [2.45, 2.75) is 6.42 Å². The summed E-state index contributed by atoms with van der Waals surface area (Å²) < 4.78 is 4.97. The summed E-state index contributed by atoms with van der Waals surface area (Å²) in [5.74, 6) is 0.475. The van der Waals surface area contributed by atoms with Crippen LogP contribution in [0.1, 0.15) is 6.42 Å². The molecular weight excluding hydrogens is 252 g/mol. The van der Waals surface area contributed by atoms with Gasteiger partial charge in [0.05, 0.1) is 18.6 Å². The Morgan fingerprint density at radius 3 is 2.79 bits per heavy atom. The molecule has 8 heteroatoms. The van der Waals surface area contributed by atoms with E-state index >= 15 is 0 Å². The molecule has 1 heterocycles. The Morgan fingerprint density at radius 1 is 1.53 bits per heavy atom. The van der Waals surface area contributed by atoms with E-state index in [4.69, 9.17) is 15.6 Å². The van der Waals surface area contributed by atoms with E-state index < -0.39 is 4.92 Å². The Balaban J connectivity index is 3.12. The SMILES string of the molecule is COc1ccc([N+](=O)[O-])c(N(CCO)CCCN)n1. The minimum Gasteiger partial charge on any atom is -0.481 e. The number of nitro groups is 1. The van der Waals surface area contributed by atoms with E-state index in [9.17, 15) is 10.1 Å². The van der Waals surface area contributed by atoms with E-state index in [1.54, 1.807) is 4.90 Å². The summed E-state index contributed by atoms with van der Waals surface area (Å²) in [6, 6.07) is 2.77. The zero-order valence-electron chi connectivity index (χ0n) is 10.8. The third-order valence-electron chi connectivity index (χ3n) is 2.54. The largest absolute Gasteiger partial charge is 0.481 e. The number of nitrogens with two attached hydrogens (primary N) is 1. The molecular formula is C11H18N4O4. The number of hydrogen-bond donors (Lipinski definition) is 2. The molecule has 0 saturated carbocycles. The summed E-state index contributed by atoms with van der Waals surface area (Å²) in [7, 11) is 1.44. The monoisotopic (exact) mass is 270 g/mol. The van der Waals surface area contributed by atoms with Crippen LogP contribution in [-0.4, -0.2) is 48.4 Å². The normalized spacial score (nSPS) is 10.3. The molecule has 0 aliphatic carbocycles. The molecule has 8 nitrogen and oxygen atoms in total. The number of aliphatic hydroxyl groups is 1. The summed E-state index contributed by atoms with van der Waals surface area (Å²) in [6.07, 6.45) is 0.649. The average Bonchev–Trinajstić information content (AvgIpc) is 2.42. The van der Waals surface area contributed by atoms with Crippen LogP contribution in [0.15, 0.2) is 12.1 Å². The van der Waals surface area contributed by atoms with Crippen molar-refractivity contribution in [1.29, 1.82) is 0 Å². The second-order valence-electron chi connectivity index (χ2n) is 3.81. The summed E-state index contributed by atoms with van der Waals surface area (Å²) in [4.78, 5) is 16.2. The Morgan fingerprint density at radius 2 is 2.26 bits per heavy atom. The van der Waals surface area contributed by atoms with Gasteiger partial charge in [-0.05, 0) is 13.0 Å². The first-order valence-electron chi connectivity index (χ1n) is 5.89. The van der Waals surface area contributed by atoms with Gasteiger partial charge in [-0.3, -0.25) is 10.1 Å². The number of methoxy groups -OCH3 is 1. The predicted molar refractivity (Wildman–Crippen MR) is 70.4 cm³/mol. The fourth-order valence-electron chi connectivity index (χ4n) is 1.64. The molecule has 0 spiro atoms. The van der Waals surface area contributed by atoms with Crippen molar-refractivity contribution >= 4 is 11.5 Å². The van der Waals surface area contributed by atoms with Crippen LogP contribution in [0, 0.1) is 10.1 Å². The van der Waals surface area contributed by atoms with Crippen LogP contribution in [0.4, 0.5) is 11.5 Å². The number of hydrogen-bond acceptors (Lipinski definition) is 7.